The molecule has 0 atom stereocenters. The first-order valence-electron chi connectivity index (χ1n) is 2.40. The van der Waals surface area contributed by atoms with E-state index in [-0.39, 0.29) is 29.6 Å². The minimum atomic E-state index is -4.15. The summed E-state index contributed by atoms with van der Waals surface area (Å²) in [5.74, 6) is -0.495. The normalized spacial score (nSPS) is 10.6. The van der Waals surface area contributed by atoms with E-state index in [1.54, 1.807) is 5.38 Å². The third kappa shape index (κ3) is 4.89. The van der Waals surface area contributed by atoms with Crippen LogP contribution in [-0.2, 0) is 15.9 Å². The Bertz CT molecular complexity index is 293. The van der Waals surface area contributed by atoms with Crippen LogP contribution in [0.2, 0.25) is 0 Å². The van der Waals surface area contributed by atoms with Crippen LogP contribution in [0.5, 0.6) is 0 Å². The fraction of sp³-hybridized carbons (Fsp3) is 0.250. The van der Waals surface area contributed by atoms with Crippen molar-refractivity contribution >= 4 is 21.5 Å². The first kappa shape index (κ1) is 11.5. The smallest absolute Gasteiger partial charge is 0.748 e. The summed E-state index contributed by atoms with van der Waals surface area (Å²) in [6.07, 6.45) is 1.46. The molecule has 56 valence electrons. The van der Waals surface area contributed by atoms with Crippen LogP contribution in [0.1, 0.15) is 5.01 Å². The van der Waals surface area contributed by atoms with Gasteiger partial charge in [-0.3, -0.25) is 0 Å². The molecule has 0 unspecified atom stereocenters. The molecule has 0 radical (unpaired) electrons. The van der Waals surface area contributed by atoms with Gasteiger partial charge >= 0.3 is 29.6 Å². The second kappa shape index (κ2) is 4.54. The van der Waals surface area contributed by atoms with E-state index in [9.17, 15) is 13.0 Å². The van der Waals surface area contributed by atoms with Crippen LogP contribution in [-0.4, -0.2) is 18.0 Å². The van der Waals surface area contributed by atoms with Crippen LogP contribution >= 0.6 is 11.3 Å². The molecular formula is C4H4NNaO3S2. The van der Waals surface area contributed by atoms with Crippen molar-refractivity contribution in [3.63, 3.8) is 0 Å². The van der Waals surface area contributed by atoms with E-state index in [0.717, 1.165) is 11.3 Å². The summed E-state index contributed by atoms with van der Waals surface area (Å²) in [6, 6.07) is 0. The van der Waals surface area contributed by atoms with Crippen molar-refractivity contribution in [2.75, 3.05) is 0 Å². The largest absolute Gasteiger partial charge is 1.00 e. The third-order valence-electron chi connectivity index (χ3n) is 0.784. The zero-order valence-corrected chi connectivity index (χ0v) is 9.48. The molecule has 1 aromatic rings. The van der Waals surface area contributed by atoms with Gasteiger partial charge in [0.05, 0.1) is 5.75 Å². The average molecular weight is 201 g/mol. The summed E-state index contributed by atoms with van der Waals surface area (Å²) in [5, 5.41) is 1.97. The van der Waals surface area contributed by atoms with Gasteiger partial charge in [0.25, 0.3) is 0 Å². The summed E-state index contributed by atoms with van der Waals surface area (Å²) in [5.41, 5.74) is 0. The van der Waals surface area contributed by atoms with E-state index in [4.69, 9.17) is 0 Å². The van der Waals surface area contributed by atoms with E-state index in [1.165, 1.54) is 6.20 Å². The Morgan fingerprint density at radius 2 is 2.27 bits per heavy atom. The fourth-order valence-corrected chi connectivity index (χ4v) is 1.96. The van der Waals surface area contributed by atoms with Gasteiger partial charge in [-0.15, -0.1) is 11.3 Å². The molecule has 11 heavy (non-hydrogen) atoms. The maximum atomic E-state index is 10.1. The van der Waals surface area contributed by atoms with E-state index in [1.807, 2.05) is 0 Å². The van der Waals surface area contributed by atoms with E-state index in [0.29, 0.717) is 5.01 Å². The van der Waals surface area contributed by atoms with Crippen molar-refractivity contribution in [3.8, 4) is 0 Å². The van der Waals surface area contributed by atoms with Gasteiger partial charge in [-0.25, -0.2) is 13.4 Å². The molecule has 0 aliphatic rings. The first-order valence-corrected chi connectivity index (χ1v) is 4.85. The van der Waals surface area contributed by atoms with Gasteiger partial charge in [0.2, 0.25) is 0 Å². The van der Waals surface area contributed by atoms with Crippen LogP contribution in [0, 0.1) is 0 Å². The first-order chi connectivity index (χ1) is 4.58. The van der Waals surface area contributed by atoms with Gasteiger partial charge in [-0.2, -0.15) is 0 Å². The minimum Gasteiger partial charge on any atom is -0.748 e. The summed E-state index contributed by atoms with van der Waals surface area (Å²) in [6.45, 7) is 0. The Kier molecular flexibility index (Phi) is 4.76. The number of hydrogen-bond donors (Lipinski definition) is 0. The molecule has 0 bridgehead atoms. The van der Waals surface area contributed by atoms with Crippen molar-refractivity contribution in [2.45, 2.75) is 5.75 Å². The number of nitrogens with zero attached hydrogens (tertiary/aromatic N) is 1. The average Bonchev–Trinajstić information content (AvgIpc) is 2.12. The maximum absolute atomic E-state index is 10.1. The van der Waals surface area contributed by atoms with Gasteiger partial charge in [0.15, 0.2) is 0 Å². The van der Waals surface area contributed by atoms with Crippen molar-refractivity contribution in [1.82, 2.24) is 4.98 Å². The Hall–Kier alpha value is 0.540. The topological polar surface area (TPSA) is 70.1 Å². The summed E-state index contributed by atoms with van der Waals surface area (Å²) < 4.78 is 30.3. The van der Waals surface area contributed by atoms with Gasteiger partial charge in [0.1, 0.15) is 15.1 Å². The minimum absolute atomic E-state index is 0. The Morgan fingerprint density at radius 3 is 2.64 bits per heavy atom. The molecule has 0 saturated carbocycles. The van der Waals surface area contributed by atoms with Crippen molar-refractivity contribution < 1.29 is 42.5 Å². The Labute approximate surface area is 90.7 Å². The molecule has 4 nitrogen and oxygen atoms in total. The van der Waals surface area contributed by atoms with Crippen LogP contribution in [0.4, 0.5) is 0 Å². The molecule has 0 aliphatic heterocycles. The van der Waals surface area contributed by atoms with Crippen LogP contribution in [0.25, 0.3) is 0 Å². The monoisotopic (exact) mass is 201 g/mol. The number of rotatable bonds is 2. The van der Waals surface area contributed by atoms with Gasteiger partial charge in [-0.05, 0) is 0 Å². The van der Waals surface area contributed by atoms with Gasteiger partial charge < -0.3 is 4.55 Å². The SMILES string of the molecule is O=S(=O)([O-])Cc1nccs1.[Na+]. The zero-order valence-electron chi connectivity index (χ0n) is 5.85. The molecule has 0 saturated heterocycles. The molecule has 1 rings (SSSR count). The predicted octanol–water partition coefficient (Wildman–Crippen LogP) is -2.81. The number of hydrogen-bond acceptors (Lipinski definition) is 5. The molecule has 0 amide bonds. The zero-order chi connectivity index (χ0) is 7.61. The van der Waals surface area contributed by atoms with E-state index in [2.05, 4.69) is 4.98 Å². The predicted molar refractivity (Wildman–Crippen MR) is 35.5 cm³/mol. The fourth-order valence-electron chi connectivity index (χ4n) is 0.475. The second-order valence-electron chi connectivity index (χ2n) is 1.63. The molecule has 1 aromatic heterocycles. The summed E-state index contributed by atoms with van der Waals surface area (Å²) in [7, 11) is -4.15. The molecule has 0 fully saturated rings. The van der Waals surface area contributed by atoms with Gasteiger partial charge in [-0.1, -0.05) is 0 Å². The quantitative estimate of drug-likeness (QED) is 0.382. The Morgan fingerprint density at radius 1 is 1.64 bits per heavy atom. The second-order valence-corrected chi connectivity index (χ2v) is 4.01. The molecule has 7 heteroatoms. The number of thiazole rings is 1. The van der Waals surface area contributed by atoms with E-state index < -0.39 is 15.9 Å². The van der Waals surface area contributed by atoms with Crippen molar-refractivity contribution in [2.24, 2.45) is 0 Å². The molecule has 1 heterocycles. The molecule has 0 N–H and O–H groups in total. The van der Waals surface area contributed by atoms with Crippen LogP contribution in [0.3, 0.4) is 0 Å². The third-order valence-corrected chi connectivity index (χ3v) is 2.37. The van der Waals surface area contributed by atoms with E-state index >= 15 is 0 Å². The van der Waals surface area contributed by atoms with Crippen LogP contribution in [0.15, 0.2) is 11.6 Å². The molecular weight excluding hydrogens is 197 g/mol. The van der Waals surface area contributed by atoms with Crippen molar-refractivity contribution in [3.05, 3.63) is 16.6 Å². The van der Waals surface area contributed by atoms with Crippen LogP contribution < -0.4 is 29.6 Å². The van der Waals surface area contributed by atoms with Crippen molar-refractivity contribution in [1.29, 1.82) is 0 Å². The summed E-state index contributed by atoms with van der Waals surface area (Å²) >= 11 is 1.16. The molecule has 0 aromatic carbocycles. The molecule has 0 aliphatic carbocycles. The van der Waals surface area contributed by atoms with Gasteiger partial charge in [0, 0.05) is 11.6 Å². The number of aromatic nitrogens is 1. The standard InChI is InChI=1S/C4H5NO3S2.Na/c6-10(7,8)3-4-5-1-2-9-4;/h1-2H,3H2,(H,6,7,8);/q;+1/p-1. The summed E-state index contributed by atoms with van der Waals surface area (Å²) in [4.78, 5) is 3.64. The Balaban J connectivity index is 0.000001000. The maximum Gasteiger partial charge on any atom is 1.00 e. The molecule has 0 spiro atoms.